The minimum Gasteiger partial charge on any atom is -0.496 e. The van der Waals surface area contributed by atoms with Crippen LogP contribution in [0.15, 0.2) is 87.3 Å². The van der Waals surface area contributed by atoms with Gasteiger partial charge in [-0.2, -0.15) is 0 Å². The van der Waals surface area contributed by atoms with Gasteiger partial charge in [-0.25, -0.2) is 4.99 Å². The topological polar surface area (TPSA) is 59.6 Å². The van der Waals surface area contributed by atoms with E-state index in [0.717, 1.165) is 31.9 Å². The van der Waals surface area contributed by atoms with Crippen molar-refractivity contribution in [1.82, 2.24) is 0 Å². The van der Waals surface area contributed by atoms with Crippen LogP contribution in [-0.4, -0.2) is 12.9 Å². The van der Waals surface area contributed by atoms with E-state index < -0.39 is 0 Å². The molecule has 0 unspecified atom stereocenters. The summed E-state index contributed by atoms with van der Waals surface area (Å²) in [5, 5.41) is 0.664. The fraction of sp³-hybridized carbons (Fsp3) is 0.0455. The summed E-state index contributed by atoms with van der Waals surface area (Å²) in [6, 6.07) is 21.1. The number of anilines is 1. The molecule has 29 heavy (non-hydrogen) atoms. The third kappa shape index (κ3) is 6.29. The van der Waals surface area contributed by atoms with Gasteiger partial charge in [0.25, 0.3) is 0 Å². The van der Waals surface area contributed by atoms with Crippen molar-refractivity contribution in [3.63, 3.8) is 0 Å². The molecule has 0 aliphatic rings. The van der Waals surface area contributed by atoms with Crippen molar-refractivity contribution < 1.29 is 4.74 Å². The molecule has 0 aromatic heterocycles. The van der Waals surface area contributed by atoms with Crippen LogP contribution in [-0.2, 0) is 0 Å². The Labute approximate surface area is 188 Å². The number of nitrogens with one attached hydrogen (secondary N) is 1. The lowest BCUT2D eigenvalue weighted by Gasteiger charge is -2.10. The first-order valence-electron chi connectivity index (χ1n) is 8.67. The van der Waals surface area contributed by atoms with Gasteiger partial charge in [0, 0.05) is 26.9 Å². The summed E-state index contributed by atoms with van der Waals surface area (Å²) in [4.78, 5) is 5.27. The lowest BCUT2D eigenvalue weighted by molar-refractivity contribution is 0.405. The number of nitrogens with zero attached hydrogens (tertiary/aromatic N) is 1. The monoisotopic (exact) mass is 487 g/mol. The smallest absolute Gasteiger partial charge is 0.134 e. The second kappa shape index (κ2) is 10.4. The Morgan fingerprint density at radius 1 is 1.10 bits per heavy atom. The number of hydrogen-bond acceptors (Lipinski definition) is 4. The number of nitrogens with two attached hydrogens (primary N) is 1. The predicted octanol–water partition coefficient (Wildman–Crippen LogP) is 6.61. The van der Waals surface area contributed by atoms with Crippen molar-refractivity contribution >= 4 is 57.1 Å². The molecule has 0 aliphatic carbocycles. The van der Waals surface area contributed by atoms with Crippen LogP contribution in [0, 0.1) is 0 Å². The van der Waals surface area contributed by atoms with E-state index in [-0.39, 0.29) is 0 Å². The summed E-state index contributed by atoms with van der Waals surface area (Å²) in [5.74, 6) is 1.22. The van der Waals surface area contributed by atoms with Gasteiger partial charge in [-0.05, 0) is 84.3 Å². The molecule has 3 rings (SSSR count). The second-order valence-corrected chi connectivity index (χ2v) is 8.16. The molecule has 7 heteroatoms. The molecule has 3 aromatic rings. The van der Waals surface area contributed by atoms with Crippen molar-refractivity contribution in [3.8, 4) is 5.75 Å². The average Bonchev–Trinajstić information content (AvgIpc) is 2.74. The predicted molar refractivity (Wildman–Crippen MR) is 128 cm³/mol. The normalized spacial score (nSPS) is 11.6. The van der Waals surface area contributed by atoms with Crippen molar-refractivity contribution in [2.45, 2.75) is 4.90 Å². The van der Waals surface area contributed by atoms with Gasteiger partial charge in [0.15, 0.2) is 0 Å². The third-order valence-electron chi connectivity index (χ3n) is 3.93. The first-order valence-corrected chi connectivity index (χ1v) is 10.7. The average molecular weight is 489 g/mol. The Balaban J connectivity index is 1.71. The molecule has 3 N–H and O–H groups in total. The highest BCUT2D eigenvalue weighted by atomic mass is 79.9. The molecule has 0 amide bonds. The first kappa shape index (κ1) is 21.3. The van der Waals surface area contributed by atoms with Crippen molar-refractivity contribution in [3.05, 3.63) is 93.6 Å². The van der Waals surface area contributed by atoms with E-state index in [4.69, 9.17) is 22.1 Å². The molecule has 0 heterocycles. The Morgan fingerprint density at radius 3 is 2.52 bits per heavy atom. The number of ether oxygens (including phenoxy) is 1. The van der Waals surface area contributed by atoms with Gasteiger partial charge in [-0.3, -0.25) is 0 Å². The van der Waals surface area contributed by atoms with Crippen LogP contribution in [0.5, 0.6) is 5.75 Å². The van der Waals surface area contributed by atoms with Gasteiger partial charge in [-0.15, -0.1) is 0 Å². The highest BCUT2D eigenvalue weighted by Gasteiger charge is 2.05. The van der Waals surface area contributed by atoms with Crippen LogP contribution in [0.25, 0.3) is 6.08 Å². The van der Waals surface area contributed by atoms with Crippen LogP contribution in [0.1, 0.15) is 11.1 Å². The molecule has 0 saturated carbocycles. The quantitative estimate of drug-likeness (QED) is 0.223. The molecule has 0 bridgehead atoms. The van der Waals surface area contributed by atoms with E-state index in [1.54, 1.807) is 25.4 Å². The summed E-state index contributed by atoms with van der Waals surface area (Å²) in [6.45, 7) is 0. The standard InChI is InChI=1S/C22H19BrClN3OS/c1-28-20-11-2-15(12-13-26-22(25)16-3-7-18(24)8-4-16)14-21(20)29-27-19-9-5-17(23)6-10-19/h2-14,27H,1H3,(H2,25,26)/b13-12+. The van der Waals surface area contributed by atoms with Crippen LogP contribution in [0.2, 0.25) is 5.02 Å². The summed E-state index contributed by atoms with van der Waals surface area (Å²) in [5.41, 5.74) is 8.83. The van der Waals surface area contributed by atoms with E-state index in [1.807, 2.05) is 60.7 Å². The van der Waals surface area contributed by atoms with Crippen molar-refractivity contribution in [2.75, 3.05) is 11.8 Å². The van der Waals surface area contributed by atoms with Gasteiger partial charge >= 0.3 is 0 Å². The molecule has 3 aromatic carbocycles. The minimum atomic E-state index is 0.429. The molecule has 4 nitrogen and oxygen atoms in total. The number of amidine groups is 1. The molecule has 0 atom stereocenters. The maximum Gasteiger partial charge on any atom is 0.134 e. The Kier molecular flexibility index (Phi) is 7.63. The van der Waals surface area contributed by atoms with E-state index in [2.05, 4.69) is 25.6 Å². The van der Waals surface area contributed by atoms with Crippen LogP contribution in [0.3, 0.4) is 0 Å². The maximum absolute atomic E-state index is 6.03. The molecule has 148 valence electrons. The number of rotatable bonds is 7. The molecule has 0 saturated heterocycles. The second-order valence-electron chi connectivity index (χ2n) is 5.96. The van der Waals surface area contributed by atoms with Crippen LogP contribution >= 0.6 is 39.5 Å². The number of halogens is 2. The number of benzene rings is 3. The van der Waals surface area contributed by atoms with E-state index in [0.29, 0.717) is 10.9 Å². The zero-order chi connectivity index (χ0) is 20.6. The van der Waals surface area contributed by atoms with E-state index in [1.165, 1.54) is 11.9 Å². The fourth-order valence-corrected chi connectivity index (χ4v) is 3.61. The minimum absolute atomic E-state index is 0.429. The van der Waals surface area contributed by atoms with Gasteiger partial charge in [0.1, 0.15) is 11.6 Å². The maximum atomic E-state index is 6.03. The molecule has 0 fully saturated rings. The number of methoxy groups -OCH3 is 1. The van der Waals surface area contributed by atoms with Crippen LogP contribution in [0.4, 0.5) is 5.69 Å². The summed E-state index contributed by atoms with van der Waals surface area (Å²) >= 11 is 10.8. The summed E-state index contributed by atoms with van der Waals surface area (Å²) in [7, 11) is 1.66. The Morgan fingerprint density at radius 2 is 1.83 bits per heavy atom. The SMILES string of the molecule is COc1ccc(/C=C/N=C(N)c2ccc(Cl)cc2)cc1SNc1ccc(Br)cc1. The molecular formula is C22H19BrClN3OS. The number of aliphatic imine (C=N–C) groups is 1. The van der Waals surface area contributed by atoms with Crippen LogP contribution < -0.4 is 15.2 Å². The van der Waals surface area contributed by atoms with Gasteiger partial charge < -0.3 is 15.2 Å². The molecule has 0 radical (unpaired) electrons. The molecule has 0 spiro atoms. The highest BCUT2D eigenvalue weighted by Crippen LogP contribution is 2.31. The zero-order valence-electron chi connectivity index (χ0n) is 15.6. The summed E-state index contributed by atoms with van der Waals surface area (Å²) < 4.78 is 9.83. The zero-order valence-corrected chi connectivity index (χ0v) is 18.8. The van der Waals surface area contributed by atoms with E-state index in [9.17, 15) is 0 Å². The highest BCUT2D eigenvalue weighted by molar-refractivity contribution is 9.10. The first-order chi connectivity index (χ1) is 14.0. The van der Waals surface area contributed by atoms with Gasteiger partial charge in [0.05, 0.1) is 12.0 Å². The third-order valence-corrected chi connectivity index (χ3v) is 5.59. The number of hydrogen-bond donors (Lipinski definition) is 2. The Hall–Kier alpha value is -2.41. The molecular weight excluding hydrogens is 470 g/mol. The lowest BCUT2D eigenvalue weighted by Crippen LogP contribution is -2.12. The fourth-order valence-electron chi connectivity index (χ4n) is 2.41. The molecule has 0 aliphatic heterocycles. The summed E-state index contributed by atoms with van der Waals surface area (Å²) in [6.07, 6.45) is 3.58. The Bertz CT molecular complexity index is 1020. The largest absolute Gasteiger partial charge is 0.496 e. The van der Waals surface area contributed by atoms with Gasteiger partial charge in [0.2, 0.25) is 0 Å². The lowest BCUT2D eigenvalue weighted by atomic mass is 10.2. The van der Waals surface area contributed by atoms with Gasteiger partial charge in [-0.1, -0.05) is 33.6 Å². The van der Waals surface area contributed by atoms with Crippen molar-refractivity contribution in [2.24, 2.45) is 10.7 Å². The van der Waals surface area contributed by atoms with E-state index >= 15 is 0 Å². The van der Waals surface area contributed by atoms with Crippen molar-refractivity contribution in [1.29, 1.82) is 0 Å².